The zero-order valence-electron chi connectivity index (χ0n) is 11.6. The van der Waals surface area contributed by atoms with E-state index in [0.29, 0.717) is 11.4 Å². The second kappa shape index (κ2) is 5.65. The Labute approximate surface area is 125 Å². The Bertz CT molecular complexity index is 829. The topological polar surface area (TPSA) is 101 Å². The van der Waals surface area contributed by atoms with Crippen molar-refractivity contribution in [2.75, 3.05) is 5.32 Å². The van der Waals surface area contributed by atoms with Crippen LogP contribution in [0.5, 0.6) is 0 Å². The Kier molecular flexibility index (Phi) is 3.53. The number of pyridine rings is 1. The summed E-state index contributed by atoms with van der Waals surface area (Å²) < 4.78 is 5.47. The molecule has 0 atom stereocenters. The summed E-state index contributed by atoms with van der Waals surface area (Å²) in [4.78, 5) is 15.5. The highest BCUT2D eigenvalue weighted by molar-refractivity contribution is 5.94. The van der Waals surface area contributed by atoms with Gasteiger partial charge in [-0.1, -0.05) is 23.3 Å². The Morgan fingerprint density at radius 1 is 1.14 bits per heavy atom. The van der Waals surface area contributed by atoms with E-state index < -0.39 is 5.97 Å². The number of anilines is 2. The maximum Gasteiger partial charge on any atom is 0.337 e. The van der Waals surface area contributed by atoms with Crippen LogP contribution in [0.2, 0.25) is 0 Å². The molecule has 1 aromatic carbocycles. The molecule has 2 aromatic heterocycles. The number of nitrogens with zero attached hydrogens (tertiary/aromatic N) is 3. The summed E-state index contributed by atoms with van der Waals surface area (Å²) in [6, 6.07) is 12.0. The molecule has 0 unspecified atom stereocenters. The molecule has 7 nitrogen and oxygen atoms in total. The summed E-state index contributed by atoms with van der Waals surface area (Å²) >= 11 is 0. The number of carboxylic acid groups (broad SMARTS) is 1. The first kappa shape index (κ1) is 13.7. The zero-order valence-corrected chi connectivity index (χ0v) is 11.6. The predicted octanol–water partition coefficient (Wildman–Crippen LogP) is 2.88. The number of rotatable bonds is 4. The molecule has 2 N–H and O–H groups in total. The number of carbonyl (C=O) groups is 1. The number of aromatic nitrogens is 3. The smallest absolute Gasteiger partial charge is 0.337 e. The number of nitrogens with one attached hydrogen (secondary N) is 1. The minimum atomic E-state index is -1.04. The Morgan fingerprint density at radius 2 is 1.95 bits per heavy atom. The van der Waals surface area contributed by atoms with E-state index >= 15 is 0 Å². The van der Waals surface area contributed by atoms with Crippen molar-refractivity contribution in [3.63, 3.8) is 0 Å². The van der Waals surface area contributed by atoms with E-state index in [2.05, 4.69) is 20.5 Å². The molecule has 110 valence electrons. The number of benzene rings is 1. The highest BCUT2D eigenvalue weighted by Gasteiger charge is 2.13. The van der Waals surface area contributed by atoms with Crippen LogP contribution in [0.3, 0.4) is 0 Å². The second-order valence-corrected chi connectivity index (χ2v) is 4.55. The lowest BCUT2D eigenvalue weighted by Gasteiger charge is -2.04. The lowest BCUT2D eigenvalue weighted by molar-refractivity contribution is 0.0698. The first-order valence-electron chi connectivity index (χ1n) is 6.50. The summed E-state index contributed by atoms with van der Waals surface area (Å²) in [5.41, 5.74) is 1.90. The number of aromatic carboxylic acids is 1. The minimum absolute atomic E-state index is 0.104. The average Bonchev–Trinajstić information content (AvgIpc) is 2.96. The summed E-state index contributed by atoms with van der Waals surface area (Å²) in [5, 5.41) is 19.7. The molecule has 0 aliphatic heterocycles. The Morgan fingerprint density at radius 3 is 2.73 bits per heavy atom. The van der Waals surface area contributed by atoms with Crippen LogP contribution in [0.1, 0.15) is 16.1 Å². The molecule has 0 fully saturated rings. The average molecular weight is 296 g/mol. The molecule has 0 radical (unpaired) electrons. The van der Waals surface area contributed by atoms with Crippen molar-refractivity contribution in [2.24, 2.45) is 0 Å². The molecule has 0 spiro atoms. The molecule has 0 bridgehead atoms. The fraction of sp³-hybridized carbons (Fsp3) is 0.0667. The predicted molar refractivity (Wildman–Crippen MR) is 79.0 cm³/mol. The first-order valence-corrected chi connectivity index (χ1v) is 6.50. The van der Waals surface area contributed by atoms with Crippen molar-refractivity contribution < 1.29 is 14.3 Å². The van der Waals surface area contributed by atoms with E-state index in [0.717, 1.165) is 5.69 Å². The van der Waals surface area contributed by atoms with Gasteiger partial charge in [-0.05, 0) is 31.2 Å². The standard InChI is InChI=1S/C15H12N4O3/c1-9-5-4-8-12(16-9)13-18-19-15(22-13)17-11-7-3-2-6-10(11)14(20)21/h2-8H,1H3,(H,17,19)(H,20,21). The number of carboxylic acids is 1. The Balaban J connectivity index is 1.88. The van der Waals surface area contributed by atoms with Crippen molar-refractivity contribution in [1.29, 1.82) is 0 Å². The molecule has 0 saturated heterocycles. The number of hydrogen-bond donors (Lipinski definition) is 2. The molecule has 0 aliphatic rings. The largest absolute Gasteiger partial charge is 0.478 e. The highest BCUT2D eigenvalue weighted by atomic mass is 16.4. The van der Waals surface area contributed by atoms with Crippen LogP contribution in [-0.2, 0) is 0 Å². The van der Waals surface area contributed by atoms with Crippen LogP contribution < -0.4 is 5.32 Å². The highest BCUT2D eigenvalue weighted by Crippen LogP contribution is 2.23. The van der Waals surface area contributed by atoms with Crippen molar-refractivity contribution in [3.8, 4) is 11.6 Å². The summed E-state index contributed by atoms with van der Waals surface area (Å²) in [6.45, 7) is 1.86. The molecule has 22 heavy (non-hydrogen) atoms. The maximum absolute atomic E-state index is 11.2. The molecule has 3 rings (SSSR count). The van der Waals surface area contributed by atoms with E-state index in [9.17, 15) is 4.79 Å². The fourth-order valence-electron chi connectivity index (χ4n) is 1.93. The maximum atomic E-state index is 11.2. The van der Waals surface area contributed by atoms with E-state index in [4.69, 9.17) is 9.52 Å². The van der Waals surface area contributed by atoms with Gasteiger partial charge >= 0.3 is 12.0 Å². The van der Waals surface area contributed by atoms with Gasteiger partial charge in [-0.15, -0.1) is 5.10 Å². The van der Waals surface area contributed by atoms with Gasteiger partial charge in [0.1, 0.15) is 5.69 Å². The molecule has 7 heteroatoms. The SMILES string of the molecule is Cc1cccc(-c2nnc(Nc3ccccc3C(=O)O)o2)n1. The molecule has 0 amide bonds. The summed E-state index contributed by atoms with van der Waals surface area (Å²) in [5.74, 6) is -0.776. The van der Waals surface area contributed by atoms with Crippen molar-refractivity contribution in [2.45, 2.75) is 6.92 Å². The van der Waals surface area contributed by atoms with Gasteiger partial charge in [0.25, 0.3) is 5.89 Å². The third-order valence-electron chi connectivity index (χ3n) is 2.93. The van der Waals surface area contributed by atoms with E-state index in [1.807, 2.05) is 19.1 Å². The lowest BCUT2D eigenvalue weighted by Crippen LogP contribution is -2.02. The number of para-hydroxylation sites is 1. The van der Waals surface area contributed by atoms with Crippen LogP contribution in [0.4, 0.5) is 11.7 Å². The van der Waals surface area contributed by atoms with Crippen LogP contribution in [0.15, 0.2) is 46.9 Å². The van der Waals surface area contributed by atoms with Crippen LogP contribution >= 0.6 is 0 Å². The third kappa shape index (κ3) is 2.78. The van der Waals surface area contributed by atoms with Crippen molar-refractivity contribution in [1.82, 2.24) is 15.2 Å². The molecular formula is C15H12N4O3. The van der Waals surface area contributed by atoms with E-state index in [1.54, 1.807) is 24.3 Å². The van der Waals surface area contributed by atoms with Gasteiger partial charge in [-0.25, -0.2) is 9.78 Å². The van der Waals surface area contributed by atoms with E-state index in [1.165, 1.54) is 6.07 Å². The minimum Gasteiger partial charge on any atom is -0.478 e. The quantitative estimate of drug-likeness (QED) is 0.763. The Hall–Kier alpha value is -3.22. The molecule has 3 aromatic rings. The number of hydrogen-bond acceptors (Lipinski definition) is 6. The first-order chi connectivity index (χ1) is 10.6. The number of aryl methyl sites for hydroxylation is 1. The van der Waals surface area contributed by atoms with Gasteiger partial charge in [-0.2, -0.15) is 0 Å². The monoisotopic (exact) mass is 296 g/mol. The summed E-state index contributed by atoms with van der Waals surface area (Å²) in [6.07, 6.45) is 0. The van der Waals surface area contributed by atoms with Crippen molar-refractivity contribution >= 4 is 17.7 Å². The zero-order chi connectivity index (χ0) is 15.5. The molecular weight excluding hydrogens is 284 g/mol. The molecule has 0 saturated carbocycles. The van der Waals surface area contributed by atoms with Gasteiger partial charge < -0.3 is 14.8 Å². The van der Waals surface area contributed by atoms with Gasteiger partial charge in [0.05, 0.1) is 11.3 Å². The van der Waals surface area contributed by atoms with Crippen LogP contribution in [-0.4, -0.2) is 26.3 Å². The normalized spacial score (nSPS) is 10.4. The molecule has 2 heterocycles. The van der Waals surface area contributed by atoms with Gasteiger partial charge in [-0.3, -0.25) is 0 Å². The lowest BCUT2D eigenvalue weighted by atomic mass is 10.2. The van der Waals surface area contributed by atoms with Crippen LogP contribution in [0.25, 0.3) is 11.6 Å². The summed E-state index contributed by atoms with van der Waals surface area (Å²) in [7, 11) is 0. The van der Waals surface area contributed by atoms with Crippen LogP contribution in [0, 0.1) is 6.92 Å². The van der Waals surface area contributed by atoms with Crippen molar-refractivity contribution in [3.05, 3.63) is 53.7 Å². The van der Waals surface area contributed by atoms with Gasteiger partial charge in [0.15, 0.2) is 0 Å². The van der Waals surface area contributed by atoms with Gasteiger partial charge in [0.2, 0.25) is 0 Å². The fourth-order valence-corrected chi connectivity index (χ4v) is 1.93. The third-order valence-corrected chi connectivity index (χ3v) is 2.93. The van der Waals surface area contributed by atoms with E-state index in [-0.39, 0.29) is 17.5 Å². The molecule has 0 aliphatic carbocycles. The second-order valence-electron chi connectivity index (χ2n) is 4.55. The van der Waals surface area contributed by atoms with Gasteiger partial charge in [0, 0.05) is 5.69 Å².